The predicted molar refractivity (Wildman–Crippen MR) is 56.0 cm³/mol. The number of aromatic amines is 1. The fourth-order valence-corrected chi connectivity index (χ4v) is 1.52. The van der Waals surface area contributed by atoms with Crippen LogP contribution in [-0.4, -0.2) is 40.8 Å². The molecule has 0 amide bonds. The Morgan fingerprint density at radius 3 is 2.65 bits per heavy atom. The van der Waals surface area contributed by atoms with E-state index in [-0.39, 0.29) is 11.5 Å². The smallest absolute Gasteiger partial charge is 0.223 e. The Morgan fingerprint density at radius 1 is 1.06 bits per heavy atom. The second-order valence-corrected chi connectivity index (χ2v) is 3.32. The Hall–Kier alpha value is -2.77. The van der Waals surface area contributed by atoms with Crippen LogP contribution in [0.1, 0.15) is 0 Å². The molecule has 3 aromatic rings. The van der Waals surface area contributed by atoms with Gasteiger partial charge in [-0.15, -0.1) is 10.2 Å². The molecule has 0 saturated carbocycles. The van der Waals surface area contributed by atoms with Crippen molar-refractivity contribution < 1.29 is 10.2 Å². The van der Waals surface area contributed by atoms with Crippen molar-refractivity contribution in [2.75, 3.05) is 0 Å². The standard InChI is InChI=1S/C9H6N6O2/c16-6-1-4-5(2-7(6)17)10-3-11-8(4)9-12-14-15-13-9/h1-3,16-17H,(H,12,13,14,15). The number of benzene rings is 1. The minimum Gasteiger partial charge on any atom is -0.504 e. The molecule has 1 aromatic carbocycles. The van der Waals surface area contributed by atoms with Crippen LogP contribution in [0.5, 0.6) is 11.5 Å². The van der Waals surface area contributed by atoms with E-state index < -0.39 is 0 Å². The maximum Gasteiger partial charge on any atom is 0.223 e. The maximum atomic E-state index is 9.47. The van der Waals surface area contributed by atoms with E-state index >= 15 is 0 Å². The van der Waals surface area contributed by atoms with Gasteiger partial charge in [0.15, 0.2) is 11.5 Å². The molecule has 0 unspecified atom stereocenters. The van der Waals surface area contributed by atoms with Crippen molar-refractivity contribution in [2.24, 2.45) is 0 Å². The van der Waals surface area contributed by atoms with Crippen molar-refractivity contribution in [1.29, 1.82) is 0 Å². The van der Waals surface area contributed by atoms with Crippen molar-refractivity contribution in [3.05, 3.63) is 18.5 Å². The first-order valence-electron chi connectivity index (χ1n) is 4.66. The highest BCUT2D eigenvalue weighted by Crippen LogP contribution is 2.32. The number of aromatic nitrogens is 6. The minimum atomic E-state index is -0.253. The summed E-state index contributed by atoms with van der Waals surface area (Å²) < 4.78 is 0. The SMILES string of the molecule is Oc1cc2ncnc(-c3nn[nH]n3)c2cc1O. The second kappa shape index (κ2) is 3.37. The normalized spacial score (nSPS) is 10.8. The van der Waals surface area contributed by atoms with Crippen LogP contribution >= 0.6 is 0 Å². The summed E-state index contributed by atoms with van der Waals surface area (Å²) in [7, 11) is 0. The van der Waals surface area contributed by atoms with Crippen molar-refractivity contribution in [1.82, 2.24) is 30.6 Å². The number of nitrogens with zero attached hydrogens (tertiary/aromatic N) is 5. The Kier molecular flexibility index (Phi) is 1.87. The Morgan fingerprint density at radius 2 is 1.88 bits per heavy atom. The fourth-order valence-electron chi connectivity index (χ4n) is 1.52. The molecule has 0 bridgehead atoms. The molecule has 2 aromatic heterocycles. The Bertz CT molecular complexity index is 681. The molecule has 2 heterocycles. The number of nitrogens with one attached hydrogen (secondary N) is 1. The van der Waals surface area contributed by atoms with Crippen LogP contribution in [-0.2, 0) is 0 Å². The summed E-state index contributed by atoms with van der Waals surface area (Å²) in [6.07, 6.45) is 1.32. The van der Waals surface area contributed by atoms with Crippen LogP contribution in [0.4, 0.5) is 0 Å². The first-order chi connectivity index (χ1) is 8.25. The van der Waals surface area contributed by atoms with E-state index in [0.717, 1.165) is 0 Å². The summed E-state index contributed by atoms with van der Waals surface area (Å²) >= 11 is 0. The van der Waals surface area contributed by atoms with Gasteiger partial charge in [0, 0.05) is 11.5 Å². The first-order valence-corrected chi connectivity index (χ1v) is 4.66. The quantitative estimate of drug-likeness (QED) is 0.511. The van der Waals surface area contributed by atoms with Gasteiger partial charge in [-0.2, -0.15) is 5.21 Å². The van der Waals surface area contributed by atoms with Crippen LogP contribution in [0.3, 0.4) is 0 Å². The number of phenols is 2. The number of rotatable bonds is 1. The van der Waals surface area contributed by atoms with Crippen LogP contribution in [0.25, 0.3) is 22.4 Å². The lowest BCUT2D eigenvalue weighted by Gasteiger charge is -2.03. The third-order valence-corrected chi connectivity index (χ3v) is 2.29. The minimum absolute atomic E-state index is 0.240. The molecule has 0 fully saturated rings. The number of phenolic OH excluding ortho intramolecular Hbond substituents is 2. The molecule has 3 N–H and O–H groups in total. The predicted octanol–water partition coefficient (Wildman–Crippen LogP) is 0.221. The molecule has 0 saturated heterocycles. The maximum absolute atomic E-state index is 9.47. The van der Waals surface area contributed by atoms with E-state index in [1.807, 2.05) is 0 Å². The summed E-state index contributed by atoms with van der Waals surface area (Å²) in [4.78, 5) is 8.02. The molecule has 0 atom stereocenters. The second-order valence-electron chi connectivity index (χ2n) is 3.32. The van der Waals surface area contributed by atoms with E-state index in [1.165, 1.54) is 18.5 Å². The van der Waals surface area contributed by atoms with Gasteiger partial charge in [0.2, 0.25) is 5.82 Å². The summed E-state index contributed by atoms with van der Waals surface area (Å²) in [5.41, 5.74) is 0.911. The van der Waals surface area contributed by atoms with Gasteiger partial charge in [-0.05, 0) is 11.3 Å². The van der Waals surface area contributed by atoms with E-state index in [1.54, 1.807) is 0 Å². The van der Waals surface area contributed by atoms with Gasteiger partial charge in [0.05, 0.1) is 5.52 Å². The van der Waals surface area contributed by atoms with Gasteiger partial charge in [-0.25, -0.2) is 9.97 Å². The number of aromatic hydroxyl groups is 2. The lowest BCUT2D eigenvalue weighted by molar-refractivity contribution is 0.405. The van der Waals surface area contributed by atoms with Crippen LogP contribution in [0, 0.1) is 0 Å². The molecule has 0 spiro atoms. The van der Waals surface area contributed by atoms with E-state index in [2.05, 4.69) is 30.6 Å². The molecule has 8 heteroatoms. The zero-order valence-electron chi connectivity index (χ0n) is 8.36. The van der Waals surface area contributed by atoms with Crippen molar-refractivity contribution >= 4 is 10.9 Å². The van der Waals surface area contributed by atoms with Crippen LogP contribution in [0.2, 0.25) is 0 Å². The summed E-state index contributed by atoms with van der Waals surface area (Å²) in [6.45, 7) is 0. The van der Waals surface area contributed by atoms with E-state index in [4.69, 9.17) is 0 Å². The average Bonchev–Trinajstić information content (AvgIpc) is 2.83. The van der Waals surface area contributed by atoms with Crippen LogP contribution < -0.4 is 0 Å². The van der Waals surface area contributed by atoms with Gasteiger partial charge in [-0.1, -0.05) is 0 Å². The molecule has 0 aliphatic heterocycles. The highest BCUT2D eigenvalue weighted by Gasteiger charge is 2.12. The highest BCUT2D eigenvalue weighted by molar-refractivity contribution is 5.92. The highest BCUT2D eigenvalue weighted by atomic mass is 16.3. The molecule has 0 aliphatic carbocycles. The summed E-state index contributed by atoms with van der Waals surface area (Å²) in [5.74, 6) is -0.199. The topological polar surface area (TPSA) is 121 Å². The number of H-pyrrole nitrogens is 1. The third kappa shape index (κ3) is 1.42. The zero-order chi connectivity index (χ0) is 11.8. The number of hydrogen-bond acceptors (Lipinski definition) is 7. The molecule has 0 aliphatic rings. The number of tetrazole rings is 1. The van der Waals surface area contributed by atoms with Crippen molar-refractivity contribution in [3.8, 4) is 23.0 Å². The lowest BCUT2D eigenvalue weighted by atomic mass is 10.1. The Labute approximate surface area is 94.0 Å². The first kappa shape index (κ1) is 9.46. The summed E-state index contributed by atoms with van der Waals surface area (Å²) in [6, 6.07) is 2.70. The summed E-state index contributed by atoms with van der Waals surface area (Å²) in [5, 5.41) is 32.7. The molecule has 8 nitrogen and oxygen atoms in total. The molecule has 84 valence electrons. The van der Waals surface area contributed by atoms with Crippen LogP contribution in [0.15, 0.2) is 18.5 Å². The fraction of sp³-hybridized carbons (Fsp3) is 0. The zero-order valence-corrected chi connectivity index (χ0v) is 8.36. The molecular formula is C9H6N6O2. The van der Waals surface area contributed by atoms with E-state index in [0.29, 0.717) is 22.4 Å². The monoisotopic (exact) mass is 230 g/mol. The Balaban J connectivity index is 2.36. The molecular weight excluding hydrogens is 224 g/mol. The van der Waals surface area contributed by atoms with Gasteiger partial charge >= 0.3 is 0 Å². The molecule has 0 radical (unpaired) electrons. The largest absolute Gasteiger partial charge is 0.504 e. The van der Waals surface area contributed by atoms with Crippen molar-refractivity contribution in [2.45, 2.75) is 0 Å². The third-order valence-electron chi connectivity index (χ3n) is 2.29. The van der Waals surface area contributed by atoms with Gasteiger partial charge < -0.3 is 10.2 Å². The molecule has 3 rings (SSSR count). The van der Waals surface area contributed by atoms with Crippen molar-refractivity contribution in [3.63, 3.8) is 0 Å². The number of fused-ring (bicyclic) bond motifs is 1. The lowest BCUT2D eigenvalue weighted by Crippen LogP contribution is -1.91. The van der Waals surface area contributed by atoms with Gasteiger partial charge in [0.1, 0.15) is 12.0 Å². The van der Waals surface area contributed by atoms with E-state index in [9.17, 15) is 10.2 Å². The van der Waals surface area contributed by atoms with Gasteiger partial charge in [0.25, 0.3) is 0 Å². The van der Waals surface area contributed by atoms with Gasteiger partial charge in [-0.3, -0.25) is 0 Å². The number of hydrogen-bond donors (Lipinski definition) is 3. The average molecular weight is 230 g/mol. The molecule has 17 heavy (non-hydrogen) atoms.